The van der Waals surface area contributed by atoms with Gasteiger partial charge in [0, 0.05) is 32.2 Å². The van der Waals surface area contributed by atoms with Gasteiger partial charge >= 0.3 is 6.18 Å². The van der Waals surface area contributed by atoms with E-state index in [2.05, 4.69) is 10.3 Å². The van der Waals surface area contributed by atoms with Gasteiger partial charge in [0.15, 0.2) is 12.4 Å². The molecule has 1 aliphatic rings. The van der Waals surface area contributed by atoms with Gasteiger partial charge in [0.05, 0.1) is 17.8 Å². The molecule has 4 rings (SSSR count). The van der Waals surface area contributed by atoms with Crippen LogP contribution < -0.4 is 14.8 Å². The average Bonchev–Trinajstić information content (AvgIpc) is 2.90. The topological polar surface area (TPSA) is 102 Å². The minimum atomic E-state index is -4.86. The molecule has 38 heavy (non-hydrogen) atoms. The molecule has 2 amide bonds. The molecule has 1 unspecified atom stereocenters. The number of amides is 2. The van der Waals surface area contributed by atoms with Gasteiger partial charge in [-0.1, -0.05) is 0 Å². The summed E-state index contributed by atoms with van der Waals surface area (Å²) in [5.41, 5.74) is -1.89. The molecule has 1 saturated heterocycles. The van der Waals surface area contributed by atoms with Crippen LogP contribution in [-0.4, -0.2) is 58.8 Å². The van der Waals surface area contributed by atoms with Crippen LogP contribution in [0.3, 0.4) is 0 Å². The number of carbonyl (C=O) groups is 2. The van der Waals surface area contributed by atoms with Crippen LogP contribution in [0.25, 0.3) is 0 Å². The Labute approximate surface area is 214 Å². The second-order valence-corrected chi connectivity index (χ2v) is 8.56. The molecule has 3 heterocycles. The van der Waals surface area contributed by atoms with Crippen LogP contribution in [0.2, 0.25) is 0 Å². The number of piperazine rings is 1. The van der Waals surface area contributed by atoms with Crippen molar-refractivity contribution in [1.82, 2.24) is 14.8 Å². The van der Waals surface area contributed by atoms with E-state index < -0.39 is 29.3 Å². The lowest BCUT2D eigenvalue weighted by atomic mass is 10.1. The van der Waals surface area contributed by atoms with Gasteiger partial charge in [-0.2, -0.15) is 17.9 Å². The monoisotopic (exact) mass is 533 g/mol. The van der Waals surface area contributed by atoms with Crippen LogP contribution in [0, 0.1) is 11.0 Å². The highest BCUT2D eigenvalue weighted by Crippen LogP contribution is 2.31. The largest absolute Gasteiger partial charge is 0.619 e. The number of hydrogen-bond acceptors (Lipinski definition) is 6. The molecule has 0 radical (unpaired) electrons. The predicted octanol–water partition coefficient (Wildman–Crippen LogP) is 3.45. The van der Waals surface area contributed by atoms with Crippen molar-refractivity contribution in [2.75, 3.05) is 31.5 Å². The van der Waals surface area contributed by atoms with E-state index in [0.29, 0.717) is 17.7 Å². The number of rotatable bonds is 6. The summed E-state index contributed by atoms with van der Waals surface area (Å²) in [6.45, 7) is 2.40. The molecule has 1 fully saturated rings. The first-order chi connectivity index (χ1) is 18.0. The highest BCUT2D eigenvalue weighted by Gasteiger charge is 2.39. The number of carbonyl (C=O) groups excluding carboxylic acids is 2. The van der Waals surface area contributed by atoms with Crippen molar-refractivity contribution in [3.63, 3.8) is 0 Å². The molecule has 2 aromatic heterocycles. The number of pyridine rings is 2. The van der Waals surface area contributed by atoms with Crippen LogP contribution in [0.4, 0.5) is 23.4 Å². The number of aromatic nitrogens is 2. The Morgan fingerprint density at radius 3 is 2.32 bits per heavy atom. The molecular weight excluding hydrogens is 510 g/mol. The third-order valence-corrected chi connectivity index (χ3v) is 6.04. The predicted molar refractivity (Wildman–Crippen MR) is 127 cm³/mol. The molecule has 13 heteroatoms. The molecule has 3 aromatic rings. The van der Waals surface area contributed by atoms with Crippen LogP contribution in [-0.2, 0) is 11.0 Å². The fraction of sp³-hybridized carbons (Fsp3) is 0.280. The van der Waals surface area contributed by atoms with Crippen molar-refractivity contribution in [3.05, 3.63) is 83.2 Å². The van der Waals surface area contributed by atoms with Crippen LogP contribution in [0.1, 0.15) is 22.8 Å². The van der Waals surface area contributed by atoms with Crippen molar-refractivity contribution in [3.8, 4) is 11.5 Å². The van der Waals surface area contributed by atoms with Crippen LogP contribution in [0.15, 0.2) is 61.1 Å². The van der Waals surface area contributed by atoms with Gasteiger partial charge in [0.2, 0.25) is 5.91 Å². The molecule has 1 aromatic carbocycles. The van der Waals surface area contributed by atoms with E-state index in [1.54, 1.807) is 24.0 Å². The SMILES string of the molecule is CC(C(=O)Nc1ccc(Oc2ccc(F)cc2)cn1)N1CCN(C(=O)c2cc[n+]([O-])cc2C(F)(F)F)CC1. The van der Waals surface area contributed by atoms with E-state index >= 15 is 0 Å². The Morgan fingerprint density at radius 1 is 1.05 bits per heavy atom. The highest BCUT2D eigenvalue weighted by atomic mass is 19.4. The number of halogens is 4. The quantitative estimate of drug-likeness (QED) is 0.296. The summed E-state index contributed by atoms with van der Waals surface area (Å²) >= 11 is 0. The molecule has 0 aliphatic carbocycles. The maximum atomic E-state index is 13.3. The molecule has 0 saturated carbocycles. The number of anilines is 1. The zero-order valence-corrected chi connectivity index (χ0v) is 20.1. The summed E-state index contributed by atoms with van der Waals surface area (Å²) in [5, 5.41) is 14.0. The van der Waals surface area contributed by atoms with Gasteiger partial charge in [-0.25, -0.2) is 9.37 Å². The van der Waals surface area contributed by atoms with E-state index in [0.717, 1.165) is 12.3 Å². The van der Waals surface area contributed by atoms with Gasteiger partial charge in [-0.05, 0) is 43.3 Å². The fourth-order valence-electron chi connectivity index (χ4n) is 3.92. The Balaban J connectivity index is 1.31. The minimum absolute atomic E-state index is 0.00118. The van der Waals surface area contributed by atoms with Gasteiger partial charge in [0.25, 0.3) is 5.91 Å². The van der Waals surface area contributed by atoms with Crippen molar-refractivity contribution < 1.29 is 36.6 Å². The summed E-state index contributed by atoms with van der Waals surface area (Å²) in [5.74, 6) is -0.483. The molecule has 1 aliphatic heterocycles. The Kier molecular flexibility index (Phi) is 7.76. The van der Waals surface area contributed by atoms with Crippen molar-refractivity contribution in [2.24, 2.45) is 0 Å². The van der Waals surface area contributed by atoms with E-state index in [1.165, 1.54) is 35.4 Å². The third kappa shape index (κ3) is 6.35. The molecular formula is C25H23F4N5O4. The van der Waals surface area contributed by atoms with Gasteiger partial charge in [0.1, 0.15) is 28.7 Å². The number of hydrogen-bond donors (Lipinski definition) is 1. The zero-order chi connectivity index (χ0) is 27.4. The van der Waals surface area contributed by atoms with Gasteiger partial charge in [-0.15, -0.1) is 0 Å². The lowest BCUT2D eigenvalue weighted by molar-refractivity contribution is -0.606. The summed E-state index contributed by atoms with van der Waals surface area (Å²) in [7, 11) is 0. The molecule has 1 atom stereocenters. The summed E-state index contributed by atoms with van der Waals surface area (Å²) in [6, 6.07) is 8.86. The maximum absolute atomic E-state index is 13.3. The highest BCUT2D eigenvalue weighted by molar-refractivity contribution is 5.96. The Hall–Kier alpha value is -4.26. The number of ether oxygens (including phenoxy) is 1. The molecule has 0 spiro atoms. The van der Waals surface area contributed by atoms with E-state index in [-0.39, 0.29) is 48.5 Å². The minimum Gasteiger partial charge on any atom is -0.619 e. The van der Waals surface area contributed by atoms with Crippen LogP contribution in [0.5, 0.6) is 11.5 Å². The Morgan fingerprint density at radius 2 is 1.71 bits per heavy atom. The molecule has 1 N–H and O–H groups in total. The smallest absolute Gasteiger partial charge is 0.422 e. The number of nitrogens with one attached hydrogen (secondary N) is 1. The van der Waals surface area contributed by atoms with E-state index in [4.69, 9.17) is 4.74 Å². The van der Waals surface area contributed by atoms with Crippen molar-refractivity contribution >= 4 is 17.6 Å². The molecule has 0 bridgehead atoms. The van der Waals surface area contributed by atoms with E-state index in [1.807, 2.05) is 0 Å². The standard InChI is InChI=1S/C25H23F4N5O4/c1-16(23(35)31-22-7-6-19(14-30-22)38-18-4-2-17(26)3-5-18)32-10-12-33(13-11-32)24(36)20-8-9-34(37)15-21(20)25(27,28)29/h2-9,14-16H,10-13H2,1H3,(H,30,31,35). The van der Waals surface area contributed by atoms with Crippen molar-refractivity contribution in [2.45, 2.75) is 19.1 Å². The molecule has 200 valence electrons. The summed E-state index contributed by atoms with van der Waals surface area (Å²) < 4.78 is 58.6. The average molecular weight is 533 g/mol. The Bertz CT molecular complexity index is 1290. The fourth-order valence-corrected chi connectivity index (χ4v) is 3.92. The van der Waals surface area contributed by atoms with Gasteiger partial charge < -0.3 is 20.2 Å². The maximum Gasteiger partial charge on any atom is 0.422 e. The van der Waals surface area contributed by atoms with Gasteiger partial charge in [-0.3, -0.25) is 14.5 Å². The zero-order valence-electron chi connectivity index (χ0n) is 20.1. The first-order valence-electron chi connectivity index (χ1n) is 11.5. The number of nitrogens with zero attached hydrogens (tertiary/aromatic N) is 4. The number of benzene rings is 1. The number of alkyl halides is 3. The second-order valence-electron chi connectivity index (χ2n) is 8.56. The summed E-state index contributed by atoms with van der Waals surface area (Å²) in [4.78, 5) is 32.7. The first kappa shape index (κ1) is 26.8. The van der Waals surface area contributed by atoms with Crippen LogP contribution >= 0.6 is 0 Å². The lowest BCUT2D eigenvalue weighted by Crippen LogP contribution is -2.54. The van der Waals surface area contributed by atoms with Crippen molar-refractivity contribution in [1.29, 1.82) is 0 Å². The van der Waals surface area contributed by atoms with E-state index in [9.17, 15) is 32.4 Å². The third-order valence-electron chi connectivity index (χ3n) is 6.04. The molecule has 9 nitrogen and oxygen atoms in total. The second kappa shape index (κ2) is 11.0. The first-order valence-corrected chi connectivity index (χ1v) is 11.5. The lowest BCUT2D eigenvalue weighted by Gasteiger charge is -2.37. The normalized spacial score (nSPS) is 15.1. The summed E-state index contributed by atoms with van der Waals surface area (Å²) in [6.07, 6.45) is -2.26.